The number of rotatable bonds is 3. The molecule has 0 saturated heterocycles. The maximum absolute atomic E-state index is 13.2. The summed E-state index contributed by atoms with van der Waals surface area (Å²) < 4.78 is 24.6. The predicted octanol–water partition coefficient (Wildman–Crippen LogP) is 4.67. The third-order valence-electron chi connectivity index (χ3n) is 3.44. The van der Waals surface area contributed by atoms with E-state index in [1.54, 1.807) is 12.1 Å². The summed E-state index contributed by atoms with van der Waals surface area (Å²) in [7, 11) is 0. The van der Waals surface area contributed by atoms with E-state index in [2.05, 4.69) is 15.9 Å². The van der Waals surface area contributed by atoms with Gasteiger partial charge >= 0.3 is 0 Å². The van der Waals surface area contributed by atoms with Crippen molar-refractivity contribution in [3.05, 3.63) is 59.4 Å². The van der Waals surface area contributed by atoms with E-state index in [1.807, 2.05) is 24.3 Å². The summed E-state index contributed by atoms with van der Waals surface area (Å²) in [6.07, 6.45) is 1.61. The fraction of sp³-hybridized carbons (Fsp3) is 0.294. The number of fused-ring (bicyclic) bond motifs is 1. The second-order valence-corrected chi connectivity index (χ2v) is 6.16. The smallest absolute Gasteiger partial charge is 0.161 e. The van der Waals surface area contributed by atoms with Gasteiger partial charge in [-0.15, -0.1) is 0 Å². The predicted molar refractivity (Wildman–Crippen MR) is 83.8 cm³/mol. The molecule has 2 aromatic rings. The van der Waals surface area contributed by atoms with Crippen molar-refractivity contribution in [1.29, 1.82) is 0 Å². The van der Waals surface area contributed by atoms with Crippen molar-refractivity contribution in [2.45, 2.75) is 17.7 Å². The Morgan fingerprint density at radius 2 is 1.86 bits per heavy atom. The highest BCUT2D eigenvalue weighted by Crippen LogP contribution is 2.35. The Bertz CT molecular complexity index is 630. The van der Waals surface area contributed by atoms with E-state index in [9.17, 15) is 4.39 Å². The van der Waals surface area contributed by atoms with Gasteiger partial charge in [-0.3, -0.25) is 0 Å². The van der Waals surface area contributed by atoms with Crippen LogP contribution >= 0.6 is 15.9 Å². The maximum atomic E-state index is 13.2. The molecular formula is C17H16BrFO2. The normalized spacial score (nSPS) is 15.3. The van der Waals surface area contributed by atoms with Crippen molar-refractivity contribution in [3.8, 4) is 11.5 Å². The number of ether oxygens (including phenoxy) is 2. The fourth-order valence-corrected chi connectivity index (χ4v) is 3.02. The average Bonchev–Trinajstić information content (AvgIpc) is 2.71. The quantitative estimate of drug-likeness (QED) is 0.749. The van der Waals surface area contributed by atoms with E-state index in [0.29, 0.717) is 13.2 Å². The molecule has 3 rings (SSSR count). The lowest BCUT2D eigenvalue weighted by Crippen LogP contribution is -1.98. The molecule has 1 heterocycles. The molecule has 0 aromatic heterocycles. The summed E-state index contributed by atoms with van der Waals surface area (Å²) in [5.74, 6) is 1.38. The summed E-state index contributed by atoms with van der Waals surface area (Å²) >= 11 is 3.68. The summed E-state index contributed by atoms with van der Waals surface area (Å²) in [6.45, 7) is 1.36. The van der Waals surface area contributed by atoms with Gasteiger partial charge in [0.2, 0.25) is 0 Å². The maximum Gasteiger partial charge on any atom is 0.161 e. The van der Waals surface area contributed by atoms with E-state index < -0.39 is 0 Å². The number of benzene rings is 2. The molecule has 0 amide bonds. The summed E-state index contributed by atoms with van der Waals surface area (Å²) in [6, 6.07) is 12.7. The van der Waals surface area contributed by atoms with Gasteiger partial charge in [0.15, 0.2) is 11.5 Å². The molecule has 1 atom stereocenters. The van der Waals surface area contributed by atoms with Crippen LogP contribution in [0.5, 0.6) is 11.5 Å². The zero-order valence-electron chi connectivity index (χ0n) is 11.5. The minimum absolute atomic E-state index is 0.108. The molecule has 0 N–H and O–H groups in total. The van der Waals surface area contributed by atoms with E-state index >= 15 is 0 Å². The number of alkyl halides is 1. The van der Waals surface area contributed by atoms with Crippen LogP contribution in [0.3, 0.4) is 0 Å². The third-order valence-corrected chi connectivity index (χ3v) is 4.29. The number of hydrogen-bond acceptors (Lipinski definition) is 2. The molecule has 0 radical (unpaired) electrons. The first kappa shape index (κ1) is 14.4. The summed E-state index contributed by atoms with van der Waals surface area (Å²) in [5, 5.41) is 0. The molecule has 2 aromatic carbocycles. The van der Waals surface area contributed by atoms with Gasteiger partial charge in [-0.25, -0.2) is 4.39 Å². The van der Waals surface area contributed by atoms with Crippen molar-refractivity contribution in [2.24, 2.45) is 0 Å². The Hall–Kier alpha value is -1.55. The van der Waals surface area contributed by atoms with Crippen molar-refractivity contribution in [2.75, 3.05) is 13.2 Å². The van der Waals surface area contributed by atoms with Crippen molar-refractivity contribution >= 4 is 15.9 Å². The largest absolute Gasteiger partial charge is 0.490 e. The van der Waals surface area contributed by atoms with Crippen LogP contribution in [-0.2, 0) is 6.42 Å². The van der Waals surface area contributed by atoms with E-state index in [4.69, 9.17) is 9.47 Å². The average molecular weight is 351 g/mol. The molecule has 0 bridgehead atoms. The Kier molecular flexibility index (Phi) is 4.44. The Morgan fingerprint density at radius 1 is 1.05 bits per heavy atom. The molecule has 2 nitrogen and oxygen atoms in total. The fourth-order valence-electron chi connectivity index (χ4n) is 2.36. The lowest BCUT2D eigenvalue weighted by atomic mass is 10.0. The SMILES string of the molecule is Fc1cccc(CC(Br)c2ccc3c(c2)OCCCO3)c1. The minimum atomic E-state index is -0.203. The second kappa shape index (κ2) is 6.48. The summed E-state index contributed by atoms with van der Waals surface area (Å²) in [5.41, 5.74) is 2.06. The van der Waals surface area contributed by atoms with E-state index in [1.165, 1.54) is 6.07 Å². The molecule has 1 aliphatic heterocycles. The molecule has 0 fully saturated rings. The van der Waals surface area contributed by atoms with Crippen molar-refractivity contribution < 1.29 is 13.9 Å². The van der Waals surface area contributed by atoms with Gasteiger partial charge in [-0.05, 0) is 41.8 Å². The Balaban J connectivity index is 1.78. The second-order valence-electron chi connectivity index (χ2n) is 5.06. The molecule has 4 heteroatoms. The Morgan fingerprint density at radius 3 is 2.67 bits per heavy atom. The molecule has 1 aliphatic rings. The first-order chi connectivity index (χ1) is 10.2. The summed E-state index contributed by atoms with van der Waals surface area (Å²) in [4.78, 5) is 0.108. The van der Waals surface area contributed by atoms with Crippen LogP contribution in [0.4, 0.5) is 4.39 Å². The zero-order valence-corrected chi connectivity index (χ0v) is 13.1. The molecular weight excluding hydrogens is 335 g/mol. The van der Waals surface area contributed by atoms with Crippen LogP contribution in [0, 0.1) is 5.82 Å². The number of halogens is 2. The van der Waals surface area contributed by atoms with Crippen LogP contribution in [0.1, 0.15) is 22.4 Å². The first-order valence-electron chi connectivity index (χ1n) is 7.00. The standard InChI is InChI=1S/C17H16BrFO2/c18-15(10-12-3-1-4-14(19)9-12)13-5-6-16-17(11-13)21-8-2-7-20-16/h1,3-6,9,11,15H,2,7-8,10H2. The molecule has 0 aliphatic carbocycles. The minimum Gasteiger partial charge on any atom is -0.490 e. The van der Waals surface area contributed by atoms with Gasteiger partial charge in [-0.2, -0.15) is 0 Å². The van der Waals surface area contributed by atoms with Gasteiger partial charge in [0, 0.05) is 11.2 Å². The van der Waals surface area contributed by atoms with Gasteiger partial charge < -0.3 is 9.47 Å². The molecule has 0 spiro atoms. The van der Waals surface area contributed by atoms with Crippen molar-refractivity contribution in [3.63, 3.8) is 0 Å². The lowest BCUT2D eigenvalue weighted by molar-refractivity contribution is 0.297. The Labute approximate surface area is 132 Å². The molecule has 1 unspecified atom stereocenters. The first-order valence-corrected chi connectivity index (χ1v) is 7.92. The van der Waals surface area contributed by atoms with Gasteiger partial charge in [0.25, 0.3) is 0 Å². The van der Waals surface area contributed by atoms with E-state index in [-0.39, 0.29) is 10.6 Å². The highest BCUT2D eigenvalue weighted by Gasteiger charge is 2.15. The highest BCUT2D eigenvalue weighted by atomic mass is 79.9. The third kappa shape index (κ3) is 3.56. The van der Waals surface area contributed by atoms with Gasteiger partial charge in [0.05, 0.1) is 13.2 Å². The molecule has 21 heavy (non-hydrogen) atoms. The van der Waals surface area contributed by atoms with Crippen LogP contribution in [0.25, 0.3) is 0 Å². The van der Waals surface area contributed by atoms with Crippen LogP contribution < -0.4 is 9.47 Å². The topological polar surface area (TPSA) is 18.5 Å². The highest BCUT2D eigenvalue weighted by molar-refractivity contribution is 9.09. The molecule has 0 saturated carbocycles. The zero-order chi connectivity index (χ0) is 14.7. The van der Waals surface area contributed by atoms with Gasteiger partial charge in [0.1, 0.15) is 5.82 Å². The van der Waals surface area contributed by atoms with Crippen LogP contribution in [-0.4, -0.2) is 13.2 Å². The monoisotopic (exact) mass is 350 g/mol. The van der Waals surface area contributed by atoms with Crippen LogP contribution in [0.15, 0.2) is 42.5 Å². The number of hydrogen-bond donors (Lipinski definition) is 0. The van der Waals surface area contributed by atoms with Gasteiger partial charge in [-0.1, -0.05) is 34.1 Å². The van der Waals surface area contributed by atoms with Crippen molar-refractivity contribution in [1.82, 2.24) is 0 Å². The van der Waals surface area contributed by atoms with E-state index in [0.717, 1.165) is 35.5 Å². The molecule has 110 valence electrons. The lowest BCUT2D eigenvalue weighted by Gasteiger charge is -2.14. The van der Waals surface area contributed by atoms with Crippen LogP contribution in [0.2, 0.25) is 0 Å².